The van der Waals surface area contributed by atoms with Crippen LogP contribution in [0.15, 0.2) is 6.07 Å². The molecule has 4 nitrogen and oxygen atoms in total. The van der Waals surface area contributed by atoms with E-state index in [9.17, 15) is 0 Å². The summed E-state index contributed by atoms with van der Waals surface area (Å²) >= 11 is 0. The van der Waals surface area contributed by atoms with Gasteiger partial charge in [0.1, 0.15) is 5.82 Å². The van der Waals surface area contributed by atoms with Gasteiger partial charge in [0.2, 0.25) is 5.95 Å². The zero-order valence-electron chi connectivity index (χ0n) is 10.8. The van der Waals surface area contributed by atoms with E-state index >= 15 is 0 Å². The van der Waals surface area contributed by atoms with E-state index in [1.54, 1.807) is 0 Å². The molecule has 0 spiro atoms. The fraction of sp³-hybridized carbons (Fsp3) is 0.692. The van der Waals surface area contributed by atoms with Crippen LogP contribution in [0, 0.1) is 12.8 Å². The first-order valence-corrected chi connectivity index (χ1v) is 6.61. The van der Waals surface area contributed by atoms with Crippen LogP contribution in [0.2, 0.25) is 0 Å². The van der Waals surface area contributed by atoms with E-state index < -0.39 is 0 Å². The summed E-state index contributed by atoms with van der Waals surface area (Å²) in [5.41, 5.74) is 1.01. The van der Waals surface area contributed by atoms with Gasteiger partial charge in [0, 0.05) is 24.8 Å². The maximum Gasteiger partial charge on any atom is 0.224 e. The number of hydrogen-bond donors (Lipinski definition) is 2. The van der Waals surface area contributed by atoms with Crippen LogP contribution in [-0.2, 0) is 0 Å². The van der Waals surface area contributed by atoms with E-state index in [1.807, 2.05) is 13.0 Å². The molecule has 1 saturated carbocycles. The first-order valence-electron chi connectivity index (χ1n) is 6.61. The van der Waals surface area contributed by atoms with Gasteiger partial charge >= 0.3 is 0 Å². The van der Waals surface area contributed by atoms with Crippen molar-refractivity contribution in [2.24, 2.45) is 5.92 Å². The standard InChI is InChI=1S/C13H22N4/c1-3-7-15-13-16-10(2)9-12(17-13)14-8-6-11-4-5-11/h9,11H,3-8H2,1-2H3,(H2,14,15,16,17). The molecule has 0 amide bonds. The van der Waals surface area contributed by atoms with Crippen LogP contribution in [-0.4, -0.2) is 23.1 Å². The monoisotopic (exact) mass is 234 g/mol. The van der Waals surface area contributed by atoms with Gasteiger partial charge in [-0.25, -0.2) is 4.98 Å². The lowest BCUT2D eigenvalue weighted by atomic mass is 10.3. The molecule has 0 atom stereocenters. The summed E-state index contributed by atoms with van der Waals surface area (Å²) in [7, 11) is 0. The molecular formula is C13H22N4. The van der Waals surface area contributed by atoms with E-state index in [2.05, 4.69) is 27.5 Å². The molecule has 1 aromatic heterocycles. The zero-order chi connectivity index (χ0) is 12.1. The Bertz CT molecular complexity index is 360. The molecule has 4 heteroatoms. The smallest absolute Gasteiger partial charge is 0.224 e. The van der Waals surface area contributed by atoms with E-state index in [0.29, 0.717) is 0 Å². The van der Waals surface area contributed by atoms with Crippen LogP contribution >= 0.6 is 0 Å². The maximum absolute atomic E-state index is 4.46. The van der Waals surface area contributed by atoms with Crippen LogP contribution < -0.4 is 10.6 Å². The highest BCUT2D eigenvalue weighted by Gasteiger charge is 2.20. The molecule has 94 valence electrons. The Hall–Kier alpha value is -1.32. The van der Waals surface area contributed by atoms with Crippen LogP contribution in [0.3, 0.4) is 0 Å². The number of anilines is 2. The predicted octanol–water partition coefficient (Wildman–Crippen LogP) is 2.82. The van der Waals surface area contributed by atoms with Crippen molar-refractivity contribution in [3.63, 3.8) is 0 Å². The summed E-state index contributed by atoms with van der Waals surface area (Å²) in [5, 5.41) is 6.61. The summed E-state index contributed by atoms with van der Waals surface area (Å²) in [6.07, 6.45) is 5.17. The minimum Gasteiger partial charge on any atom is -0.370 e. The number of aromatic nitrogens is 2. The first-order chi connectivity index (χ1) is 8.28. The molecule has 1 aromatic rings. The van der Waals surface area contributed by atoms with Gasteiger partial charge in [-0.3, -0.25) is 0 Å². The topological polar surface area (TPSA) is 49.8 Å². The molecule has 2 N–H and O–H groups in total. The lowest BCUT2D eigenvalue weighted by Crippen LogP contribution is -2.09. The number of rotatable bonds is 7. The summed E-state index contributed by atoms with van der Waals surface area (Å²) in [6, 6.07) is 2.00. The minimum absolute atomic E-state index is 0.737. The highest BCUT2D eigenvalue weighted by Crippen LogP contribution is 2.32. The number of nitrogens with one attached hydrogen (secondary N) is 2. The molecule has 2 rings (SSSR count). The van der Waals surface area contributed by atoms with Gasteiger partial charge in [0.15, 0.2) is 0 Å². The lowest BCUT2D eigenvalue weighted by Gasteiger charge is -2.09. The average Bonchev–Trinajstić information content (AvgIpc) is 3.10. The molecule has 1 aliphatic rings. The minimum atomic E-state index is 0.737. The van der Waals surface area contributed by atoms with Gasteiger partial charge in [0.25, 0.3) is 0 Å². The molecule has 1 fully saturated rings. The lowest BCUT2D eigenvalue weighted by molar-refractivity contribution is 0.758. The van der Waals surface area contributed by atoms with Gasteiger partial charge in [-0.1, -0.05) is 19.8 Å². The van der Waals surface area contributed by atoms with Crippen molar-refractivity contribution in [3.8, 4) is 0 Å². The zero-order valence-corrected chi connectivity index (χ0v) is 10.8. The number of aryl methyl sites for hydroxylation is 1. The molecule has 1 heterocycles. The van der Waals surface area contributed by atoms with Crippen LogP contribution in [0.1, 0.15) is 38.3 Å². The Labute approximate surface area is 103 Å². The quantitative estimate of drug-likeness (QED) is 0.761. The van der Waals surface area contributed by atoms with E-state index in [4.69, 9.17) is 0 Å². The Balaban J connectivity index is 1.87. The second-order valence-electron chi connectivity index (χ2n) is 4.80. The Morgan fingerprint density at radius 2 is 2.06 bits per heavy atom. The Kier molecular flexibility index (Phi) is 4.18. The predicted molar refractivity (Wildman–Crippen MR) is 71.4 cm³/mol. The fourth-order valence-corrected chi connectivity index (χ4v) is 1.79. The molecule has 0 unspecified atom stereocenters. The van der Waals surface area contributed by atoms with E-state index in [0.717, 1.165) is 42.9 Å². The third kappa shape index (κ3) is 4.21. The number of nitrogens with zero attached hydrogens (tertiary/aromatic N) is 2. The highest BCUT2D eigenvalue weighted by molar-refractivity contribution is 5.42. The van der Waals surface area contributed by atoms with Crippen molar-refractivity contribution in [3.05, 3.63) is 11.8 Å². The fourth-order valence-electron chi connectivity index (χ4n) is 1.79. The van der Waals surface area contributed by atoms with Gasteiger partial charge in [-0.2, -0.15) is 4.98 Å². The van der Waals surface area contributed by atoms with E-state index in [-0.39, 0.29) is 0 Å². The van der Waals surface area contributed by atoms with Crippen molar-refractivity contribution in [2.75, 3.05) is 23.7 Å². The molecule has 0 saturated heterocycles. The van der Waals surface area contributed by atoms with Gasteiger partial charge in [-0.05, 0) is 25.7 Å². The van der Waals surface area contributed by atoms with Gasteiger partial charge < -0.3 is 10.6 Å². The average molecular weight is 234 g/mol. The molecule has 0 aliphatic heterocycles. The van der Waals surface area contributed by atoms with E-state index in [1.165, 1.54) is 19.3 Å². The first kappa shape index (κ1) is 12.1. The highest BCUT2D eigenvalue weighted by atomic mass is 15.1. The summed E-state index contributed by atoms with van der Waals surface area (Å²) in [5.74, 6) is 2.64. The Morgan fingerprint density at radius 3 is 2.76 bits per heavy atom. The van der Waals surface area contributed by atoms with Gasteiger partial charge in [-0.15, -0.1) is 0 Å². The molecule has 0 aromatic carbocycles. The maximum atomic E-state index is 4.46. The molecule has 0 bridgehead atoms. The van der Waals surface area contributed by atoms with Crippen LogP contribution in [0.25, 0.3) is 0 Å². The third-order valence-electron chi connectivity index (χ3n) is 2.94. The molecular weight excluding hydrogens is 212 g/mol. The van der Waals surface area contributed by atoms with Crippen molar-refractivity contribution >= 4 is 11.8 Å². The number of hydrogen-bond acceptors (Lipinski definition) is 4. The Morgan fingerprint density at radius 1 is 1.24 bits per heavy atom. The normalized spacial score (nSPS) is 14.7. The van der Waals surface area contributed by atoms with Crippen molar-refractivity contribution in [2.45, 2.75) is 39.5 Å². The third-order valence-corrected chi connectivity index (χ3v) is 2.94. The summed E-state index contributed by atoms with van der Waals surface area (Å²) < 4.78 is 0. The van der Waals surface area contributed by atoms with Gasteiger partial charge in [0.05, 0.1) is 0 Å². The largest absolute Gasteiger partial charge is 0.370 e. The van der Waals surface area contributed by atoms with Crippen LogP contribution in [0.5, 0.6) is 0 Å². The second-order valence-corrected chi connectivity index (χ2v) is 4.80. The second kappa shape index (κ2) is 5.84. The van der Waals surface area contributed by atoms with Crippen molar-refractivity contribution in [1.29, 1.82) is 0 Å². The SMILES string of the molecule is CCCNc1nc(C)cc(NCCC2CC2)n1. The molecule has 1 aliphatic carbocycles. The van der Waals surface area contributed by atoms with Crippen molar-refractivity contribution < 1.29 is 0 Å². The molecule has 17 heavy (non-hydrogen) atoms. The molecule has 0 radical (unpaired) electrons. The summed E-state index contributed by atoms with van der Waals surface area (Å²) in [6.45, 7) is 6.09. The van der Waals surface area contributed by atoms with Crippen LogP contribution in [0.4, 0.5) is 11.8 Å². The van der Waals surface area contributed by atoms with Crippen molar-refractivity contribution in [1.82, 2.24) is 9.97 Å². The summed E-state index contributed by atoms with van der Waals surface area (Å²) in [4.78, 5) is 8.82.